The molecule has 7 heteroatoms. The van der Waals surface area contributed by atoms with Crippen LogP contribution in [0, 0.1) is 5.92 Å². The Morgan fingerprint density at radius 2 is 1.90 bits per heavy atom. The fourth-order valence-corrected chi connectivity index (χ4v) is 4.08. The van der Waals surface area contributed by atoms with Crippen LogP contribution >= 0.6 is 15.9 Å². The Kier molecular flexibility index (Phi) is 7.36. The topological polar surface area (TPSA) is 63.6 Å². The van der Waals surface area contributed by atoms with Gasteiger partial charge in [-0.3, -0.25) is 9.59 Å². The van der Waals surface area contributed by atoms with Gasteiger partial charge in [0.15, 0.2) is 0 Å². The molecule has 2 aromatic rings. The number of amides is 2. The number of ether oxygens (including phenoxy) is 1. The average molecular weight is 462 g/mol. The van der Waals surface area contributed by atoms with E-state index in [1.54, 1.807) is 7.11 Å². The van der Waals surface area contributed by atoms with Crippen LogP contribution in [0.25, 0.3) is 0 Å². The predicted molar refractivity (Wildman–Crippen MR) is 116 cm³/mol. The smallest absolute Gasteiger partial charge is 0.270 e. The third kappa shape index (κ3) is 5.41. The Morgan fingerprint density at radius 1 is 1.21 bits per heavy atom. The summed E-state index contributed by atoms with van der Waals surface area (Å²) in [6.07, 6.45) is 4.29. The third-order valence-electron chi connectivity index (χ3n) is 5.30. The maximum absolute atomic E-state index is 13.1. The van der Waals surface area contributed by atoms with Crippen molar-refractivity contribution < 1.29 is 14.3 Å². The first-order chi connectivity index (χ1) is 14.0. The van der Waals surface area contributed by atoms with Crippen molar-refractivity contribution in [2.45, 2.75) is 32.7 Å². The van der Waals surface area contributed by atoms with Gasteiger partial charge < -0.3 is 19.5 Å². The van der Waals surface area contributed by atoms with E-state index >= 15 is 0 Å². The summed E-state index contributed by atoms with van der Waals surface area (Å²) in [5.41, 5.74) is 1.75. The number of piperidine rings is 1. The van der Waals surface area contributed by atoms with E-state index in [0.717, 1.165) is 22.2 Å². The highest BCUT2D eigenvalue weighted by Gasteiger charge is 2.29. The van der Waals surface area contributed by atoms with Crippen LogP contribution in [0.15, 0.2) is 41.0 Å². The van der Waals surface area contributed by atoms with Gasteiger partial charge in [-0.25, -0.2) is 0 Å². The molecule has 156 valence electrons. The number of nitrogens with zero attached hydrogens (tertiary/aromatic N) is 2. The Hall–Kier alpha value is -2.28. The summed E-state index contributed by atoms with van der Waals surface area (Å²) in [6.45, 7) is 4.57. The quantitative estimate of drug-likeness (QED) is 0.683. The van der Waals surface area contributed by atoms with Crippen molar-refractivity contribution in [2.24, 2.45) is 5.92 Å². The monoisotopic (exact) mass is 461 g/mol. The number of benzene rings is 1. The number of methoxy groups -OCH3 is 1. The maximum Gasteiger partial charge on any atom is 0.270 e. The highest BCUT2D eigenvalue weighted by Crippen LogP contribution is 2.23. The van der Waals surface area contributed by atoms with E-state index in [9.17, 15) is 9.59 Å². The summed E-state index contributed by atoms with van der Waals surface area (Å²) in [7, 11) is 1.64. The fraction of sp³-hybridized carbons (Fsp3) is 0.455. The molecule has 2 heterocycles. The second-order valence-corrected chi connectivity index (χ2v) is 8.29. The largest absolute Gasteiger partial charge is 0.497 e. The minimum Gasteiger partial charge on any atom is -0.497 e. The molecule has 0 saturated carbocycles. The number of halogens is 1. The molecule has 1 saturated heterocycles. The van der Waals surface area contributed by atoms with Gasteiger partial charge in [-0.05, 0) is 59.0 Å². The molecule has 2 amide bonds. The molecule has 6 nitrogen and oxygen atoms in total. The number of hydrogen-bond donors (Lipinski definition) is 1. The van der Waals surface area contributed by atoms with Crippen LogP contribution in [-0.4, -0.2) is 48.0 Å². The number of nitrogens with one attached hydrogen (secondary N) is 1. The first-order valence-corrected chi connectivity index (χ1v) is 10.9. The van der Waals surface area contributed by atoms with Crippen molar-refractivity contribution in [2.75, 3.05) is 26.7 Å². The lowest BCUT2D eigenvalue weighted by Crippen LogP contribution is -2.43. The zero-order chi connectivity index (χ0) is 20.8. The molecule has 3 rings (SSSR count). The molecule has 0 atom stereocenters. The van der Waals surface area contributed by atoms with Crippen molar-refractivity contribution in [3.8, 4) is 5.75 Å². The average Bonchev–Trinajstić information content (AvgIpc) is 3.12. The second-order valence-electron chi connectivity index (χ2n) is 7.38. The van der Waals surface area contributed by atoms with E-state index in [-0.39, 0.29) is 17.7 Å². The Labute approximate surface area is 180 Å². The van der Waals surface area contributed by atoms with Gasteiger partial charge >= 0.3 is 0 Å². The molecular formula is C22H28BrN3O3. The number of carbonyl (C=O) groups excluding carboxylic acids is 2. The molecule has 1 aromatic carbocycles. The van der Waals surface area contributed by atoms with E-state index in [2.05, 4.69) is 21.2 Å². The summed E-state index contributed by atoms with van der Waals surface area (Å²) < 4.78 is 8.05. The SMILES string of the molecule is CCCNC(=O)C1CCN(C(=O)c2cc(Br)cn2Cc2ccc(OC)cc2)CC1. The molecule has 0 aliphatic carbocycles. The minimum atomic E-state index is 0.00317. The van der Waals surface area contributed by atoms with E-state index in [0.29, 0.717) is 44.7 Å². The lowest BCUT2D eigenvalue weighted by atomic mass is 9.95. The van der Waals surface area contributed by atoms with Crippen molar-refractivity contribution >= 4 is 27.7 Å². The van der Waals surface area contributed by atoms with Gasteiger partial charge in [0.2, 0.25) is 5.91 Å². The molecule has 1 N–H and O–H groups in total. The number of rotatable bonds is 7. The molecule has 0 radical (unpaired) electrons. The summed E-state index contributed by atoms with van der Waals surface area (Å²) >= 11 is 3.50. The highest BCUT2D eigenvalue weighted by atomic mass is 79.9. The lowest BCUT2D eigenvalue weighted by Gasteiger charge is -2.31. The van der Waals surface area contributed by atoms with E-state index < -0.39 is 0 Å². The predicted octanol–water partition coefficient (Wildman–Crippen LogP) is 3.69. The lowest BCUT2D eigenvalue weighted by molar-refractivity contribution is -0.126. The van der Waals surface area contributed by atoms with E-state index in [1.807, 2.05) is 52.9 Å². The summed E-state index contributed by atoms with van der Waals surface area (Å²) in [5.74, 6) is 0.939. The Balaban J connectivity index is 1.65. The van der Waals surface area contributed by atoms with Gasteiger partial charge in [-0.2, -0.15) is 0 Å². The molecule has 29 heavy (non-hydrogen) atoms. The molecule has 0 unspecified atom stereocenters. The summed E-state index contributed by atoms with van der Waals surface area (Å²) in [5, 5.41) is 2.96. The van der Waals surface area contributed by atoms with Gasteiger partial charge in [0.25, 0.3) is 5.91 Å². The first-order valence-electron chi connectivity index (χ1n) is 10.1. The van der Waals surface area contributed by atoms with Gasteiger partial charge in [0.05, 0.1) is 7.11 Å². The normalized spacial score (nSPS) is 14.7. The van der Waals surface area contributed by atoms with E-state index in [4.69, 9.17) is 4.74 Å². The van der Waals surface area contributed by atoms with Gasteiger partial charge in [-0.15, -0.1) is 0 Å². The van der Waals surface area contributed by atoms with Crippen LogP contribution in [0.4, 0.5) is 0 Å². The van der Waals surface area contributed by atoms with E-state index in [1.165, 1.54) is 0 Å². The minimum absolute atomic E-state index is 0.00317. The van der Waals surface area contributed by atoms with Crippen molar-refractivity contribution in [3.63, 3.8) is 0 Å². The van der Waals surface area contributed by atoms with Crippen molar-refractivity contribution in [1.29, 1.82) is 0 Å². The third-order valence-corrected chi connectivity index (χ3v) is 5.73. The molecule has 1 aliphatic rings. The van der Waals surface area contributed by atoms with Crippen LogP contribution in [-0.2, 0) is 11.3 Å². The van der Waals surface area contributed by atoms with Crippen LogP contribution < -0.4 is 10.1 Å². The summed E-state index contributed by atoms with van der Waals surface area (Å²) in [4.78, 5) is 27.2. The van der Waals surface area contributed by atoms with Crippen molar-refractivity contribution in [3.05, 3.63) is 52.3 Å². The molecule has 1 aromatic heterocycles. The van der Waals surface area contributed by atoms with Crippen LogP contribution in [0.1, 0.15) is 42.2 Å². The van der Waals surface area contributed by atoms with Crippen LogP contribution in [0.5, 0.6) is 5.75 Å². The number of likely N-dealkylation sites (tertiary alicyclic amines) is 1. The standard InChI is InChI=1S/C22H28BrN3O3/c1-3-10-24-21(27)17-8-11-25(12-9-17)22(28)20-13-18(23)15-26(20)14-16-4-6-19(29-2)7-5-16/h4-7,13,15,17H,3,8-12,14H2,1-2H3,(H,24,27). The Morgan fingerprint density at radius 3 is 2.52 bits per heavy atom. The Bertz CT molecular complexity index is 839. The number of aromatic nitrogens is 1. The zero-order valence-electron chi connectivity index (χ0n) is 17.0. The van der Waals surface area contributed by atoms with Crippen LogP contribution in [0.3, 0.4) is 0 Å². The maximum atomic E-state index is 13.1. The van der Waals surface area contributed by atoms with Crippen LogP contribution in [0.2, 0.25) is 0 Å². The van der Waals surface area contributed by atoms with Gasteiger partial charge in [-0.1, -0.05) is 19.1 Å². The molecular weight excluding hydrogens is 434 g/mol. The second kappa shape index (κ2) is 9.96. The molecule has 0 spiro atoms. The summed E-state index contributed by atoms with van der Waals surface area (Å²) in [6, 6.07) is 9.71. The molecule has 0 bridgehead atoms. The first kappa shape index (κ1) is 21.4. The zero-order valence-corrected chi connectivity index (χ0v) is 18.6. The highest BCUT2D eigenvalue weighted by molar-refractivity contribution is 9.10. The number of hydrogen-bond acceptors (Lipinski definition) is 3. The van der Waals surface area contributed by atoms with Crippen molar-refractivity contribution in [1.82, 2.24) is 14.8 Å². The van der Waals surface area contributed by atoms with Gasteiger partial charge in [0, 0.05) is 42.8 Å². The van der Waals surface area contributed by atoms with Gasteiger partial charge in [0.1, 0.15) is 11.4 Å². The number of carbonyl (C=O) groups is 2. The molecule has 1 aliphatic heterocycles. The fourth-order valence-electron chi connectivity index (χ4n) is 3.61. The molecule has 1 fully saturated rings.